The number of benzene rings is 2. The van der Waals surface area contributed by atoms with Crippen molar-refractivity contribution in [3.63, 3.8) is 0 Å². The number of carbonyl (C=O) groups is 1. The minimum absolute atomic E-state index is 0.00859. The number of phenolic OH excluding ortho intramolecular Hbond substituents is 1. The summed E-state index contributed by atoms with van der Waals surface area (Å²) in [6.45, 7) is 4.25. The van der Waals surface area contributed by atoms with Crippen LogP contribution in [0.1, 0.15) is 33.7 Å². The van der Waals surface area contributed by atoms with Gasteiger partial charge in [-0.15, -0.1) is 0 Å². The van der Waals surface area contributed by atoms with E-state index >= 15 is 0 Å². The number of fused-ring (bicyclic) bond motifs is 1. The lowest BCUT2D eigenvalue weighted by atomic mass is 9.89. The summed E-state index contributed by atoms with van der Waals surface area (Å²) < 4.78 is 1.91. The number of hydrogen-bond acceptors (Lipinski definition) is 5. The van der Waals surface area contributed by atoms with Gasteiger partial charge in [0.2, 0.25) is 0 Å². The molecule has 1 N–H and O–H groups in total. The van der Waals surface area contributed by atoms with E-state index in [1.165, 1.54) is 5.69 Å². The molecule has 0 saturated carbocycles. The van der Waals surface area contributed by atoms with Crippen molar-refractivity contribution in [2.24, 2.45) is 7.05 Å². The maximum absolute atomic E-state index is 13.4. The number of aryl methyl sites for hydroxylation is 1. The second kappa shape index (κ2) is 9.50. The molecule has 178 valence electrons. The lowest BCUT2D eigenvalue weighted by Crippen LogP contribution is -2.52. The van der Waals surface area contributed by atoms with E-state index in [4.69, 9.17) is 0 Å². The Hall–Kier alpha value is -3.32. The van der Waals surface area contributed by atoms with Crippen LogP contribution in [0, 0.1) is 0 Å². The summed E-state index contributed by atoms with van der Waals surface area (Å²) in [6, 6.07) is 18.1. The highest BCUT2D eigenvalue weighted by Gasteiger charge is 2.33. The van der Waals surface area contributed by atoms with Crippen LogP contribution < -0.4 is 4.90 Å². The fourth-order valence-electron chi connectivity index (χ4n) is 5.42. The number of aromatic nitrogens is 2. The Bertz CT molecular complexity index is 1150. The highest BCUT2D eigenvalue weighted by molar-refractivity contribution is 5.94. The molecule has 3 aromatic rings. The van der Waals surface area contributed by atoms with Crippen molar-refractivity contribution >= 4 is 11.6 Å². The van der Waals surface area contributed by atoms with Crippen molar-refractivity contribution in [2.45, 2.75) is 31.8 Å². The smallest absolute Gasteiger partial charge is 0.274 e. The molecule has 2 aromatic carbocycles. The van der Waals surface area contributed by atoms with E-state index in [0.29, 0.717) is 24.0 Å². The first-order chi connectivity index (χ1) is 16.5. The van der Waals surface area contributed by atoms with Gasteiger partial charge in [0.1, 0.15) is 5.75 Å². The van der Waals surface area contributed by atoms with Crippen molar-refractivity contribution in [3.8, 4) is 5.75 Å². The normalized spacial score (nSPS) is 18.5. The van der Waals surface area contributed by atoms with Crippen LogP contribution in [0.15, 0.2) is 54.6 Å². The lowest BCUT2D eigenvalue weighted by molar-refractivity contribution is 0.0776. The Morgan fingerprint density at radius 1 is 1.06 bits per heavy atom. The molecule has 1 fully saturated rings. The number of anilines is 1. The minimum atomic E-state index is -0.00859. The maximum atomic E-state index is 13.4. The molecule has 0 spiro atoms. The van der Waals surface area contributed by atoms with E-state index in [1.807, 2.05) is 67.3 Å². The van der Waals surface area contributed by atoms with E-state index in [2.05, 4.69) is 14.9 Å². The Labute approximate surface area is 201 Å². The summed E-state index contributed by atoms with van der Waals surface area (Å²) in [4.78, 5) is 19.9. The number of rotatable bonds is 5. The highest BCUT2D eigenvalue weighted by Crippen LogP contribution is 2.31. The average molecular weight is 460 g/mol. The van der Waals surface area contributed by atoms with Crippen LogP contribution in [-0.4, -0.2) is 69.9 Å². The Morgan fingerprint density at radius 2 is 1.76 bits per heavy atom. The molecule has 2 heterocycles. The maximum Gasteiger partial charge on any atom is 0.274 e. The average Bonchev–Trinajstić information content (AvgIpc) is 3.20. The number of piperazine rings is 1. The van der Waals surface area contributed by atoms with Crippen LogP contribution in [0.5, 0.6) is 5.75 Å². The number of aromatic hydroxyl groups is 1. The Kier molecular flexibility index (Phi) is 6.28. The third kappa shape index (κ3) is 4.40. The highest BCUT2D eigenvalue weighted by atomic mass is 16.3. The second-order valence-corrected chi connectivity index (χ2v) is 9.45. The molecule has 7 heteroatoms. The summed E-state index contributed by atoms with van der Waals surface area (Å²) in [5.41, 5.74) is 4.94. The van der Waals surface area contributed by atoms with Crippen molar-refractivity contribution in [1.29, 1.82) is 0 Å². The summed E-state index contributed by atoms with van der Waals surface area (Å²) >= 11 is 0. The number of amides is 1. The van der Waals surface area contributed by atoms with Gasteiger partial charge >= 0.3 is 0 Å². The first-order valence-electron chi connectivity index (χ1n) is 12.1. The zero-order valence-corrected chi connectivity index (χ0v) is 20.0. The number of hydrogen-bond donors (Lipinski definition) is 1. The summed E-state index contributed by atoms with van der Waals surface area (Å²) in [6.07, 6.45) is 2.88. The number of para-hydroxylation sites is 2. The van der Waals surface area contributed by atoms with Gasteiger partial charge in [-0.3, -0.25) is 14.4 Å². The fourth-order valence-corrected chi connectivity index (χ4v) is 5.42. The fraction of sp³-hybridized carbons (Fsp3) is 0.407. The molecule has 7 nitrogen and oxygen atoms in total. The van der Waals surface area contributed by atoms with Crippen molar-refractivity contribution in [2.75, 3.05) is 38.1 Å². The van der Waals surface area contributed by atoms with Crippen LogP contribution in [0.2, 0.25) is 0 Å². The molecule has 34 heavy (non-hydrogen) atoms. The molecule has 1 aliphatic heterocycles. The van der Waals surface area contributed by atoms with Gasteiger partial charge in [0.25, 0.3) is 5.91 Å². The Morgan fingerprint density at radius 3 is 2.50 bits per heavy atom. The molecule has 1 aliphatic carbocycles. The summed E-state index contributed by atoms with van der Waals surface area (Å²) in [7, 11) is 3.81. The molecule has 0 bridgehead atoms. The van der Waals surface area contributed by atoms with Crippen LogP contribution in [0.4, 0.5) is 5.69 Å². The third-order valence-corrected chi connectivity index (χ3v) is 7.29. The second-order valence-electron chi connectivity index (χ2n) is 9.45. The molecular formula is C27H33N5O2. The number of nitrogens with zero attached hydrogens (tertiary/aromatic N) is 5. The van der Waals surface area contributed by atoms with Gasteiger partial charge < -0.3 is 14.9 Å². The van der Waals surface area contributed by atoms with Gasteiger partial charge in [-0.1, -0.05) is 42.5 Å². The van der Waals surface area contributed by atoms with E-state index in [-0.39, 0.29) is 5.91 Å². The van der Waals surface area contributed by atoms with Crippen LogP contribution >= 0.6 is 0 Å². The van der Waals surface area contributed by atoms with Crippen molar-refractivity contribution in [1.82, 2.24) is 19.6 Å². The molecule has 0 unspecified atom stereocenters. The molecule has 1 saturated heterocycles. The van der Waals surface area contributed by atoms with Gasteiger partial charge in [0, 0.05) is 64.1 Å². The van der Waals surface area contributed by atoms with Crippen molar-refractivity contribution < 1.29 is 9.90 Å². The topological polar surface area (TPSA) is 64.8 Å². The van der Waals surface area contributed by atoms with Gasteiger partial charge in [-0.05, 0) is 37.0 Å². The predicted octanol–water partition coefficient (Wildman–Crippen LogP) is 3.08. The molecule has 0 radical (unpaired) electrons. The molecule has 1 atom stereocenters. The van der Waals surface area contributed by atoms with Crippen LogP contribution in [0.3, 0.4) is 0 Å². The van der Waals surface area contributed by atoms with E-state index in [9.17, 15) is 9.90 Å². The summed E-state index contributed by atoms with van der Waals surface area (Å²) in [5, 5.41) is 14.9. The molecular weight excluding hydrogens is 426 g/mol. The zero-order chi connectivity index (χ0) is 23.7. The SMILES string of the molecule is CN(Cc1ccccc1)C(=O)c1nn(C)c2c1C[C@H](N1CCN(c3ccccc3O)CC1)CC2. The predicted molar refractivity (Wildman–Crippen MR) is 133 cm³/mol. The first-order valence-corrected chi connectivity index (χ1v) is 12.1. The molecule has 1 aromatic heterocycles. The van der Waals surface area contributed by atoms with Gasteiger partial charge in [-0.25, -0.2) is 0 Å². The number of carbonyl (C=O) groups excluding carboxylic acids is 1. The van der Waals surface area contributed by atoms with Gasteiger partial charge in [0.15, 0.2) is 5.69 Å². The largest absolute Gasteiger partial charge is 0.506 e. The van der Waals surface area contributed by atoms with Crippen LogP contribution in [-0.2, 0) is 26.4 Å². The zero-order valence-electron chi connectivity index (χ0n) is 20.0. The minimum Gasteiger partial charge on any atom is -0.506 e. The Balaban J connectivity index is 1.27. The number of phenols is 1. The summed E-state index contributed by atoms with van der Waals surface area (Å²) in [5.74, 6) is 0.335. The first kappa shape index (κ1) is 22.5. The lowest BCUT2D eigenvalue weighted by Gasteiger charge is -2.41. The van der Waals surface area contributed by atoms with Crippen LogP contribution in [0.25, 0.3) is 0 Å². The molecule has 1 amide bonds. The monoisotopic (exact) mass is 459 g/mol. The molecule has 2 aliphatic rings. The van der Waals surface area contributed by atoms with E-state index < -0.39 is 0 Å². The van der Waals surface area contributed by atoms with E-state index in [0.717, 1.165) is 62.3 Å². The van der Waals surface area contributed by atoms with Gasteiger partial charge in [-0.2, -0.15) is 5.10 Å². The van der Waals surface area contributed by atoms with E-state index in [1.54, 1.807) is 11.0 Å². The van der Waals surface area contributed by atoms with Gasteiger partial charge in [0.05, 0.1) is 5.69 Å². The molecule has 5 rings (SSSR count). The standard InChI is InChI=1S/C27H33N5O2/c1-29(19-20-8-4-3-5-9-20)27(34)26-22-18-21(12-13-23(22)30(2)28-26)31-14-16-32(17-15-31)24-10-6-7-11-25(24)33/h3-11,21,33H,12-19H2,1-2H3/t21-/m1/s1. The third-order valence-electron chi connectivity index (χ3n) is 7.29. The quantitative estimate of drug-likeness (QED) is 0.635. The van der Waals surface area contributed by atoms with Crippen molar-refractivity contribution in [3.05, 3.63) is 77.1 Å².